The van der Waals surface area contributed by atoms with E-state index in [1.165, 1.54) is 23.6 Å². The molecule has 2 N–H and O–H groups in total. The Labute approximate surface area is 122 Å². The third-order valence-corrected chi connectivity index (χ3v) is 3.49. The molecule has 0 spiro atoms. The molecule has 0 atom stereocenters. The van der Waals surface area contributed by atoms with Crippen LogP contribution in [0, 0.1) is 10.1 Å². The highest BCUT2D eigenvalue weighted by Crippen LogP contribution is 2.25. The lowest BCUT2D eigenvalue weighted by atomic mass is 10.4. The van der Waals surface area contributed by atoms with E-state index in [-0.39, 0.29) is 18.2 Å². The van der Waals surface area contributed by atoms with Crippen LogP contribution in [0.15, 0.2) is 29.8 Å². The fraction of sp³-hybridized carbons (Fsp3) is 0.0833. The van der Waals surface area contributed by atoms with Gasteiger partial charge in [0, 0.05) is 0 Å². The zero-order valence-electron chi connectivity index (χ0n) is 10.6. The number of rotatable bonds is 4. The van der Waals surface area contributed by atoms with E-state index in [1.54, 1.807) is 6.07 Å². The van der Waals surface area contributed by atoms with E-state index in [9.17, 15) is 10.1 Å². The second-order valence-corrected chi connectivity index (χ2v) is 4.93. The number of nitro groups is 1. The first-order chi connectivity index (χ1) is 10.1. The molecule has 0 bridgehead atoms. The van der Waals surface area contributed by atoms with Crippen molar-refractivity contribution in [2.45, 2.75) is 6.61 Å². The topological polar surface area (TPSA) is 117 Å². The second-order valence-electron chi connectivity index (χ2n) is 4.04. The van der Waals surface area contributed by atoms with Crippen LogP contribution in [0.25, 0.3) is 10.2 Å². The quantitative estimate of drug-likeness (QED) is 0.579. The molecule has 0 aliphatic carbocycles. The summed E-state index contributed by atoms with van der Waals surface area (Å²) in [7, 11) is 0. The largest absolute Gasteiger partial charge is 0.477 e. The summed E-state index contributed by atoms with van der Waals surface area (Å²) in [5.41, 5.74) is 5.83. The highest BCUT2D eigenvalue weighted by molar-refractivity contribution is 7.16. The standard InChI is InChI=1S/C12H9N5O3S/c13-10-7-3-5-21-12(7)16-9(15-10)6-20-8-2-1-4-14-11(8)17(18)19/h1-5H,6H2,(H2,13,15,16). The molecule has 3 aromatic heterocycles. The molecule has 3 rings (SSSR count). The maximum atomic E-state index is 10.8. The summed E-state index contributed by atoms with van der Waals surface area (Å²) in [6.07, 6.45) is 1.33. The molecular formula is C12H9N5O3S. The first kappa shape index (κ1) is 13.2. The molecule has 0 saturated heterocycles. The minimum atomic E-state index is -0.604. The molecule has 0 fully saturated rings. The predicted octanol–water partition coefficient (Wildman–Crippen LogP) is 2.16. The summed E-state index contributed by atoms with van der Waals surface area (Å²) in [5.74, 6) is 0.444. The number of thiophene rings is 1. The second kappa shape index (κ2) is 5.29. The summed E-state index contributed by atoms with van der Waals surface area (Å²) >= 11 is 1.44. The van der Waals surface area contributed by atoms with Gasteiger partial charge in [-0.2, -0.15) is 0 Å². The molecule has 0 unspecified atom stereocenters. The monoisotopic (exact) mass is 303 g/mol. The Morgan fingerprint density at radius 3 is 3.05 bits per heavy atom. The number of aromatic nitrogens is 3. The highest BCUT2D eigenvalue weighted by atomic mass is 32.1. The summed E-state index contributed by atoms with van der Waals surface area (Å²) < 4.78 is 5.38. The lowest BCUT2D eigenvalue weighted by Crippen LogP contribution is -2.05. The van der Waals surface area contributed by atoms with E-state index in [1.807, 2.05) is 11.4 Å². The molecule has 106 valence electrons. The SMILES string of the molecule is Nc1nc(COc2cccnc2[N+](=O)[O-])nc2sccc12. The number of hydrogen-bond acceptors (Lipinski definition) is 8. The van der Waals surface area contributed by atoms with E-state index in [4.69, 9.17) is 10.5 Å². The van der Waals surface area contributed by atoms with Crippen LogP contribution >= 0.6 is 11.3 Å². The molecule has 0 saturated carbocycles. The minimum absolute atomic E-state index is 0.0232. The van der Waals surface area contributed by atoms with Crippen LogP contribution in [0.2, 0.25) is 0 Å². The van der Waals surface area contributed by atoms with Gasteiger partial charge in [0.2, 0.25) is 5.75 Å². The van der Waals surface area contributed by atoms with Crippen molar-refractivity contribution in [1.29, 1.82) is 0 Å². The van der Waals surface area contributed by atoms with Crippen molar-refractivity contribution in [3.8, 4) is 5.75 Å². The van der Waals surface area contributed by atoms with Gasteiger partial charge >= 0.3 is 5.82 Å². The molecule has 3 heterocycles. The van der Waals surface area contributed by atoms with Crippen LogP contribution in [-0.4, -0.2) is 19.9 Å². The third-order valence-electron chi connectivity index (χ3n) is 2.68. The van der Waals surface area contributed by atoms with Crippen molar-refractivity contribution in [3.63, 3.8) is 0 Å². The fourth-order valence-electron chi connectivity index (χ4n) is 1.76. The van der Waals surface area contributed by atoms with Crippen LogP contribution in [-0.2, 0) is 6.61 Å². The van der Waals surface area contributed by atoms with Gasteiger partial charge in [0.05, 0.1) is 5.39 Å². The van der Waals surface area contributed by atoms with Gasteiger partial charge in [-0.3, -0.25) is 0 Å². The number of nitrogens with two attached hydrogens (primary N) is 1. The molecule has 0 radical (unpaired) electrons. The van der Waals surface area contributed by atoms with E-state index >= 15 is 0 Å². The Balaban J connectivity index is 1.85. The third kappa shape index (κ3) is 2.58. The van der Waals surface area contributed by atoms with Crippen molar-refractivity contribution in [2.75, 3.05) is 5.73 Å². The van der Waals surface area contributed by atoms with Crippen LogP contribution in [0.4, 0.5) is 11.6 Å². The van der Waals surface area contributed by atoms with Crippen LogP contribution < -0.4 is 10.5 Å². The van der Waals surface area contributed by atoms with E-state index < -0.39 is 4.92 Å². The molecule has 8 nitrogen and oxygen atoms in total. The molecular weight excluding hydrogens is 294 g/mol. The van der Waals surface area contributed by atoms with E-state index in [0.29, 0.717) is 11.6 Å². The molecule has 0 amide bonds. The average Bonchev–Trinajstić information content (AvgIpc) is 2.94. The van der Waals surface area contributed by atoms with Gasteiger partial charge in [-0.05, 0) is 33.5 Å². The number of nitrogens with zero attached hydrogens (tertiary/aromatic N) is 4. The first-order valence-corrected chi connectivity index (χ1v) is 6.75. The van der Waals surface area contributed by atoms with Gasteiger partial charge < -0.3 is 20.6 Å². The Morgan fingerprint density at radius 1 is 1.38 bits per heavy atom. The average molecular weight is 303 g/mol. The molecule has 21 heavy (non-hydrogen) atoms. The summed E-state index contributed by atoms with van der Waals surface area (Å²) in [5, 5.41) is 13.5. The first-order valence-electron chi connectivity index (χ1n) is 5.87. The Hall–Kier alpha value is -2.81. The Morgan fingerprint density at radius 2 is 2.24 bits per heavy atom. The molecule has 9 heteroatoms. The zero-order chi connectivity index (χ0) is 14.8. The van der Waals surface area contributed by atoms with Gasteiger partial charge in [0.25, 0.3) is 0 Å². The van der Waals surface area contributed by atoms with Gasteiger partial charge in [0.1, 0.15) is 23.5 Å². The number of hydrogen-bond donors (Lipinski definition) is 1. The highest BCUT2D eigenvalue weighted by Gasteiger charge is 2.16. The van der Waals surface area contributed by atoms with E-state index in [2.05, 4.69) is 15.0 Å². The zero-order valence-corrected chi connectivity index (χ0v) is 11.4. The van der Waals surface area contributed by atoms with Crippen molar-refractivity contribution >= 4 is 33.2 Å². The van der Waals surface area contributed by atoms with Gasteiger partial charge in [-0.25, -0.2) is 9.97 Å². The number of nitrogen functional groups attached to an aromatic ring is 1. The fourth-order valence-corrected chi connectivity index (χ4v) is 2.55. The number of pyridine rings is 1. The van der Waals surface area contributed by atoms with Crippen molar-refractivity contribution in [3.05, 3.63) is 45.7 Å². The smallest absolute Gasteiger partial charge is 0.406 e. The van der Waals surface area contributed by atoms with Crippen LogP contribution in [0.3, 0.4) is 0 Å². The minimum Gasteiger partial charge on any atom is -0.477 e. The summed E-state index contributed by atoms with van der Waals surface area (Å²) in [6, 6.07) is 4.87. The maximum absolute atomic E-state index is 10.8. The van der Waals surface area contributed by atoms with E-state index in [0.717, 1.165) is 10.2 Å². The lowest BCUT2D eigenvalue weighted by molar-refractivity contribution is -0.390. The number of anilines is 1. The number of fused-ring (bicyclic) bond motifs is 1. The summed E-state index contributed by atoms with van der Waals surface area (Å²) in [4.78, 5) is 23.1. The molecule has 0 aliphatic heterocycles. The van der Waals surface area contributed by atoms with Gasteiger partial charge in [-0.1, -0.05) is 0 Å². The Kier molecular flexibility index (Phi) is 3.32. The molecule has 0 aromatic carbocycles. The van der Waals surface area contributed by atoms with Crippen molar-refractivity contribution in [1.82, 2.24) is 15.0 Å². The lowest BCUT2D eigenvalue weighted by Gasteiger charge is -2.06. The van der Waals surface area contributed by atoms with Crippen LogP contribution in [0.5, 0.6) is 5.75 Å². The van der Waals surface area contributed by atoms with Crippen molar-refractivity contribution in [2.24, 2.45) is 0 Å². The Bertz CT molecular complexity index is 820. The normalized spacial score (nSPS) is 10.7. The van der Waals surface area contributed by atoms with Crippen molar-refractivity contribution < 1.29 is 9.66 Å². The van der Waals surface area contributed by atoms with Crippen LogP contribution in [0.1, 0.15) is 5.82 Å². The van der Waals surface area contributed by atoms with Gasteiger partial charge in [-0.15, -0.1) is 11.3 Å². The maximum Gasteiger partial charge on any atom is 0.406 e. The molecule has 3 aromatic rings. The summed E-state index contributed by atoms with van der Waals surface area (Å²) in [6.45, 7) is -0.0232. The predicted molar refractivity (Wildman–Crippen MR) is 77.1 cm³/mol. The van der Waals surface area contributed by atoms with Gasteiger partial charge in [0.15, 0.2) is 5.82 Å². The molecule has 0 aliphatic rings. The number of ether oxygens (including phenoxy) is 1.